The number of likely N-dealkylation sites (tertiary alicyclic amines) is 1. The Morgan fingerprint density at radius 1 is 1.19 bits per heavy atom. The molecule has 2 heterocycles. The molecule has 7 nitrogen and oxygen atoms in total. The number of piperidine rings is 1. The van der Waals surface area contributed by atoms with Crippen LogP contribution in [0.25, 0.3) is 0 Å². The number of rotatable bonds is 10. The summed E-state index contributed by atoms with van der Waals surface area (Å²) in [6.45, 7) is 5.06. The van der Waals surface area contributed by atoms with Crippen LogP contribution in [0.3, 0.4) is 0 Å². The van der Waals surface area contributed by atoms with Gasteiger partial charge in [-0.2, -0.15) is 0 Å². The molecule has 1 aliphatic rings. The molecule has 0 bridgehead atoms. The van der Waals surface area contributed by atoms with Crippen molar-refractivity contribution in [3.63, 3.8) is 0 Å². The van der Waals surface area contributed by atoms with Gasteiger partial charge in [0.25, 0.3) is 0 Å². The zero-order valence-corrected chi connectivity index (χ0v) is 19.3. The number of amides is 1. The number of carbonyl (C=O) groups excluding carboxylic acids is 2. The predicted molar refractivity (Wildman–Crippen MR) is 122 cm³/mol. The molecule has 31 heavy (non-hydrogen) atoms. The Hall–Kier alpha value is -2.07. The van der Waals surface area contributed by atoms with Crippen molar-refractivity contribution in [2.24, 2.45) is 5.92 Å². The summed E-state index contributed by atoms with van der Waals surface area (Å²) in [5.74, 6) is 0.125. The molecule has 1 saturated heterocycles. The molecule has 1 atom stereocenters. The highest BCUT2D eigenvalue weighted by molar-refractivity contribution is 7.89. The van der Waals surface area contributed by atoms with Gasteiger partial charge in [0.15, 0.2) is 5.78 Å². The fourth-order valence-electron chi connectivity index (χ4n) is 3.68. The third kappa shape index (κ3) is 7.24. The maximum atomic E-state index is 12.3. The van der Waals surface area contributed by atoms with E-state index in [-0.39, 0.29) is 29.6 Å². The summed E-state index contributed by atoms with van der Waals surface area (Å²) in [4.78, 5) is 27.3. The molecule has 9 heteroatoms. The molecule has 3 rings (SSSR count). The molecule has 2 N–H and O–H groups in total. The topological polar surface area (TPSA) is 95.6 Å². The number of hydrogen-bond donors (Lipinski definition) is 2. The quantitative estimate of drug-likeness (QED) is 0.528. The van der Waals surface area contributed by atoms with E-state index in [0.29, 0.717) is 18.0 Å². The van der Waals surface area contributed by atoms with E-state index >= 15 is 0 Å². The van der Waals surface area contributed by atoms with Crippen molar-refractivity contribution in [2.45, 2.75) is 37.6 Å². The maximum absolute atomic E-state index is 12.3. The van der Waals surface area contributed by atoms with Gasteiger partial charge in [-0.15, -0.1) is 11.3 Å². The Bertz CT molecular complexity index is 973. The van der Waals surface area contributed by atoms with E-state index in [0.717, 1.165) is 32.5 Å². The highest BCUT2D eigenvalue weighted by Gasteiger charge is 2.21. The van der Waals surface area contributed by atoms with Gasteiger partial charge in [-0.1, -0.05) is 18.2 Å². The van der Waals surface area contributed by atoms with Crippen molar-refractivity contribution in [2.75, 3.05) is 26.2 Å². The minimum Gasteiger partial charge on any atom is -0.356 e. The highest BCUT2D eigenvalue weighted by Crippen LogP contribution is 2.20. The number of thiophene rings is 1. The molecule has 2 aromatic rings. The van der Waals surface area contributed by atoms with E-state index in [9.17, 15) is 18.0 Å². The molecule has 168 valence electrons. The molecule has 1 aromatic carbocycles. The summed E-state index contributed by atoms with van der Waals surface area (Å²) in [6, 6.07) is 9.96. The molecule has 0 radical (unpaired) electrons. The molecular formula is C22H29N3O4S2. The molecule has 1 aromatic heterocycles. The first-order chi connectivity index (χ1) is 14.8. The molecule has 0 aliphatic carbocycles. The number of Topliss-reactive ketones (excluding diaryl/α,β-unsaturated/α-hetero) is 1. The van der Waals surface area contributed by atoms with E-state index in [1.165, 1.54) is 36.1 Å². The number of nitrogens with zero attached hydrogens (tertiary/aromatic N) is 1. The van der Waals surface area contributed by atoms with Gasteiger partial charge < -0.3 is 5.32 Å². The first-order valence-corrected chi connectivity index (χ1v) is 12.8. The van der Waals surface area contributed by atoms with Crippen LogP contribution in [0.5, 0.6) is 0 Å². The zero-order chi connectivity index (χ0) is 22.3. The lowest BCUT2D eigenvalue weighted by Gasteiger charge is -2.32. The lowest BCUT2D eigenvalue weighted by atomic mass is 9.98. The number of benzene rings is 1. The Labute approximate surface area is 187 Å². The lowest BCUT2D eigenvalue weighted by molar-refractivity contribution is -0.121. The van der Waals surface area contributed by atoms with Crippen LogP contribution < -0.4 is 10.0 Å². The van der Waals surface area contributed by atoms with Crippen molar-refractivity contribution in [1.29, 1.82) is 0 Å². The third-order valence-corrected chi connectivity index (χ3v) is 7.70. The van der Waals surface area contributed by atoms with Crippen molar-refractivity contribution in [3.8, 4) is 0 Å². The third-order valence-electron chi connectivity index (χ3n) is 5.37. The van der Waals surface area contributed by atoms with Crippen LogP contribution in [0.2, 0.25) is 0 Å². The summed E-state index contributed by atoms with van der Waals surface area (Å²) >= 11 is 1.76. The molecule has 0 saturated carbocycles. The summed E-state index contributed by atoms with van der Waals surface area (Å²) in [5, 5.41) is 5.03. The number of carbonyl (C=O) groups is 2. The Morgan fingerprint density at radius 2 is 1.97 bits per heavy atom. The summed E-state index contributed by atoms with van der Waals surface area (Å²) in [6.07, 6.45) is 2.29. The molecule has 0 spiro atoms. The van der Waals surface area contributed by atoms with Crippen molar-refractivity contribution < 1.29 is 18.0 Å². The summed E-state index contributed by atoms with van der Waals surface area (Å²) in [7, 11) is -3.71. The van der Waals surface area contributed by atoms with Gasteiger partial charge in [0.1, 0.15) is 0 Å². The van der Waals surface area contributed by atoms with E-state index in [1.54, 1.807) is 11.3 Å². The second-order valence-electron chi connectivity index (χ2n) is 7.86. The molecule has 1 amide bonds. The van der Waals surface area contributed by atoms with Crippen LogP contribution in [-0.2, 0) is 21.4 Å². The van der Waals surface area contributed by atoms with Crippen molar-refractivity contribution >= 4 is 33.1 Å². The molecule has 1 aliphatic heterocycles. The first kappa shape index (κ1) is 23.6. The smallest absolute Gasteiger partial charge is 0.240 e. The van der Waals surface area contributed by atoms with Gasteiger partial charge in [0.05, 0.1) is 4.90 Å². The normalized spacial score (nSPS) is 17.4. The standard InChI is InChI=1S/C22H29N3O4S2/c1-17(26)19-6-8-21(9-7-19)31(28,29)24-11-10-22(27)23-14-18-4-2-12-25(15-18)16-20-5-3-13-30-20/h3,5-9,13,18,24H,2,4,10-12,14-16H2,1H3,(H,23,27). The van der Waals surface area contributed by atoms with Crippen molar-refractivity contribution in [1.82, 2.24) is 14.9 Å². The van der Waals surface area contributed by atoms with Gasteiger partial charge in [-0.25, -0.2) is 13.1 Å². The van der Waals surface area contributed by atoms with E-state index in [1.807, 2.05) is 0 Å². The van der Waals surface area contributed by atoms with Crippen LogP contribution in [0, 0.1) is 5.92 Å². The predicted octanol–water partition coefficient (Wildman–Crippen LogP) is 2.65. The minimum absolute atomic E-state index is 0.0256. The van der Waals surface area contributed by atoms with Crippen LogP contribution in [-0.4, -0.2) is 51.2 Å². The summed E-state index contributed by atoms with van der Waals surface area (Å²) in [5.41, 5.74) is 0.454. The number of sulfonamides is 1. The molecular weight excluding hydrogens is 434 g/mol. The molecule has 1 unspecified atom stereocenters. The van der Waals surface area contributed by atoms with E-state index in [2.05, 4.69) is 32.5 Å². The SMILES string of the molecule is CC(=O)c1ccc(S(=O)(=O)NCCC(=O)NCC2CCCN(Cc3cccs3)C2)cc1. The summed E-state index contributed by atoms with van der Waals surface area (Å²) < 4.78 is 27.1. The number of ketones is 1. The average Bonchev–Trinajstić information content (AvgIpc) is 3.25. The van der Waals surface area contributed by atoms with Gasteiger partial charge in [-0.05, 0) is 55.8 Å². The van der Waals surface area contributed by atoms with Crippen LogP contribution in [0.15, 0.2) is 46.7 Å². The second-order valence-corrected chi connectivity index (χ2v) is 10.7. The lowest BCUT2D eigenvalue weighted by Crippen LogP contribution is -2.41. The first-order valence-electron chi connectivity index (χ1n) is 10.5. The number of nitrogens with one attached hydrogen (secondary N) is 2. The average molecular weight is 464 g/mol. The maximum Gasteiger partial charge on any atom is 0.240 e. The second kappa shape index (κ2) is 11.0. The largest absolute Gasteiger partial charge is 0.356 e. The van der Waals surface area contributed by atoms with E-state index in [4.69, 9.17) is 0 Å². The Morgan fingerprint density at radius 3 is 2.65 bits per heavy atom. The minimum atomic E-state index is -3.71. The van der Waals surface area contributed by atoms with Crippen LogP contribution in [0.4, 0.5) is 0 Å². The zero-order valence-electron chi connectivity index (χ0n) is 17.7. The fourth-order valence-corrected chi connectivity index (χ4v) is 5.46. The van der Waals surface area contributed by atoms with Crippen LogP contribution in [0.1, 0.15) is 41.4 Å². The van der Waals surface area contributed by atoms with Gasteiger partial charge in [0, 0.05) is 43.0 Å². The highest BCUT2D eigenvalue weighted by atomic mass is 32.2. The van der Waals surface area contributed by atoms with Gasteiger partial charge in [-0.3, -0.25) is 14.5 Å². The Balaban J connectivity index is 1.38. The Kier molecular flexibility index (Phi) is 8.36. The van der Waals surface area contributed by atoms with E-state index < -0.39 is 10.0 Å². The fraction of sp³-hybridized carbons (Fsp3) is 0.455. The van der Waals surface area contributed by atoms with Crippen LogP contribution >= 0.6 is 11.3 Å². The van der Waals surface area contributed by atoms with Gasteiger partial charge >= 0.3 is 0 Å². The van der Waals surface area contributed by atoms with Crippen molar-refractivity contribution in [3.05, 3.63) is 52.2 Å². The molecule has 1 fully saturated rings. The van der Waals surface area contributed by atoms with Gasteiger partial charge in [0.2, 0.25) is 15.9 Å². The monoisotopic (exact) mass is 463 g/mol. The number of hydrogen-bond acceptors (Lipinski definition) is 6.